The molecule has 0 bridgehead atoms. The summed E-state index contributed by atoms with van der Waals surface area (Å²) in [5, 5.41) is 21.1. The number of carbonyl (C=O) groups is 2. The van der Waals surface area contributed by atoms with E-state index in [2.05, 4.69) is 0 Å². The van der Waals surface area contributed by atoms with Gasteiger partial charge < -0.3 is 19.7 Å². The summed E-state index contributed by atoms with van der Waals surface area (Å²) in [6, 6.07) is 9.82. The Bertz CT molecular complexity index is 1330. The number of amides is 1. The molecule has 2 N–H and O–H groups in total. The molecule has 36 heavy (non-hydrogen) atoms. The van der Waals surface area contributed by atoms with E-state index < -0.39 is 42.2 Å². The van der Waals surface area contributed by atoms with Crippen molar-refractivity contribution in [3.63, 3.8) is 0 Å². The zero-order chi connectivity index (χ0) is 26.1. The molecular formula is C26H24F3NO6. The number of halogens is 3. The Morgan fingerprint density at radius 1 is 1.11 bits per heavy atom. The van der Waals surface area contributed by atoms with E-state index in [0.29, 0.717) is 11.8 Å². The Hall–Kier alpha value is -3.79. The lowest BCUT2D eigenvalue weighted by Gasteiger charge is -2.23. The van der Waals surface area contributed by atoms with Crippen LogP contribution in [0.25, 0.3) is 10.8 Å². The van der Waals surface area contributed by atoms with Crippen molar-refractivity contribution in [3.05, 3.63) is 65.0 Å². The number of carbonyl (C=O) groups excluding carboxylic acids is 1. The molecular weight excluding hydrogens is 479 g/mol. The van der Waals surface area contributed by atoms with Crippen molar-refractivity contribution in [2.75, 3.05) is 11.5 Å². The van der Waals surface area contributed by atoms with Crippen LogP contribution in [0, 0.1) is 5.82 Å². The molecule has 0 spiro atoms. The zero-order valence-electron chi connectivity index (χ0n) is 19.5. The number of carboxylic acids is 1. The topological polar surface area (TPSA) is 96.3 Å². The number of hydrogen-bond acceptors (Lipinski definition) is 5. The lowest BCUT2D eigenvalue weighted by atomic mass is 9.96. The van der Waals surface area contributed by atoms with E-state index in [1.54, 1.807) is 25.1 Å². The maximum absolute atomic E-state index is 15.2. The Morgan fingerprint density at radius 3 is 2.33 bits per heavy atom. The van der Waals surface area contributed by atoms with Crippen molar-refractivity contribution >= 4 is 28.3 Å². The van der Waals surface area contributed by atoms with Crippen LogP contribution in [0.3, 0.4) is 0 Å². The highest BCUT2D eigenvalue weighted by atomic mass is 19.3. The Kier molecular flexibility index (Phi) is 7.07. The summed E-state index contributed by atoms with van der Waals surface area (Å²) in [6.45, 7) is 0.430. The molecule has 0 saturated heterocycles. The number of carboxylic acid groups (broad SMARTS) is 1. The smallest absolute Gasteiger partial charge is 0.387 e. The maximum Gasteiger partial charge on any atom is 0.387 e. The van der Waals surface area contributed by atoms with E-state index in [4.69, 9.17) is 9.47 Å². The number of rotatable bonds is 9. The van der Waals surface area contributed by atoms with Gasteiger partial charge in [-0.3, -0.25) is 14.5 Å². The lowest BCUT2D eigenvalue weighted by Crippen LogP contribution is -2.28. The molecule has 190 valence electrons. The number of aliphatic hydroxyl groups is 1. The van der Waals surface area contributed by atoms with Crippen molar-refractivity contribution in [3.8, 4) is 11.5 Å². The Balaban J connectivity index is 1.92. The predicted molar refractivity (Wildman–Crippen MR) is 125 cm³/mol. The number of nitrogens with zero attached hydrogens (tertiary/aromatic N) is 1. The van der Waals surface area contributed by atoms with Crippen LogP contribution in [0.4, 0.5) is 18.9 Å². The molecule has 0 radical (unpaired) electrons. The minimum Gasteiger partial charge on any atom is -0.492 e. The molecule has 7 nitrogen and oxygen atoms in total. The number of fused-ring (bicyclic) bond motifs is 2. The van der Waals surface area contributed by atoms with Crippen molar-refractivity contribution in [1.82, 2.24) is 0 Å². The minimum absolute atomic E-state index is 0.0737. The molecule has 2 unspecified atom stereocenters. The fourth-order valence-electron chi connectivity index (χ4n) is 4.51. The summed E-state index contributed by atoms with van der Waals surface area (Å²) in [5.41, 5.74) is -0.623. The van der Waals surface area contributed by atoms with Crippen LogP contribution in [-0.2, 0) is 4.79 Å². The second-order valence-electron chi connectivity index (χ2n) is 8.28. The van der Waals surface area contributed by atoms with Gasteiger partial charge in [-0.2, -0.15) is 8.78 Å². The third-order valence-corrected chi connectivity index (χ3v) is 6.09. The standard InChI is InChI=1S/C26H24F3NO6/c1-3-11-35-21-15-7-5-6-8-16(15)22(36-26(28)29)20-19(21)23(31)30(24(20)32)18-10-9-13(12-17(18)27)14(4-2)25(33)34/h5-10,12,14,24,26,32H,3-4,11H2,1-2H3,(H,33,34). The Labute approximate surface area is 204 Å². The summed E-state index contributed by atoms with van der Waals surface area (Å²) >= 11 is 0. The van der Waals surface area contributed by atoms with Crippen LogP contribution >= 0.6 is 0 Å². The molecule has 3 aromatic rings. The molecule has 0 aliphatic carbocycles. The quantitative estimate of drug-likeness (QED) is 0.395. The Morgan fingerprint density at radius 2 is 1.78 bits per heavy atom. The summed E-state index contributed by atoms with van der Waals surface area (Å²) in [5.74, 6) is -4.25. The molecule has 1 heterocycles. The SMILES string of the molecule is CCCOc1c2c(c(OC(F)F)c3ccccc13)C(O)N(c1ccc(C(CC)C(=O)O)cc1F)C2=O. The molecule has 10 heteroatoms. The fraction of sp³-hybridized carbons (Fsp3) is 0.308. The summed E-state index contributed by atoms with van der Waals surface area (Å²) in [7, 11) is 0. The van der Waals surface area contributed by atoms with Gasteiger partial charge in [-0.15, -0.1) is 0 Å². The number of aliphatic carboxylic acids is 1. The first-order chi connectivity index (χ1) is 17.2. The largest absolute Gasteiger partial charge is 0.492 e. The van der Waals surface area contributed by atoms with Crippen LogP contribution < -0.4 is 14.4 Å². The maximum atomic E-state index is 15.2. The van der Waals surface area contributed by atoms with Gasteiger partial charge in [-0.1, -0.05) is 44.2 Å². The number of benzene rings is 3. The molecule has 3 aromatic carbocycles. The highest BCUT2D eigenvalue weighted by Crippen LogP contribution is 2.50. The molecule has 1 amide bonds. The number of ether oxygens (including phenoxy) is 2. The number of alkyl halides is 2. The molecule has 0 aromatic heterocycles. The van der Waals surface area contributed by atoms with Gasteiger partial charge in [0.15, 0.2) is 6.23 Å². The first-order valence-electron chi connectivity index (χ1n) is 11.4. The number of hydrogen-bond donors (Lipinski definition) is 2. The van der Waals surface area contributed by atoms with Gasteiger partial charge in [-0.05, 0) is 30.5 Å². The highest BCUT2D eigenvalue weighted by molar-refractivity contribution is 6.17. The zero-order valence-corrected chi connectivity index (χ0v) is 19.5. The number of aliphatic hydroxyl groups excluding tert-OH is 1. The first kappa shape index (κ1) is 25.3. The van der Waals surface area contributed by atoms with Crippen molar-refractivity contribution < 1.29 is 42.4 Å². The van der Waals surface area contributed by atoms with E-state index in [9.17, 15) is 28.6 Å². The van der Waals surface area contributed by atoms with Crippen molar-refractivity contribution in [1.29, 1.82) is 0 Å². The minimum atomic E-state index is -3.26. The van der Waals surface area contributed by atoms with E-state index in [-0.39, 0.29) is 46.5 Å². The third-order valence-electron chi connectivity index (χ3n) is 6.09. The summed E-state index contributed by atoms with van der Waals surface area (Å²) < 4.78 is 52.7. The average molecular weight is 503 g/mol. The van der Waals surface area contributed by atoms with E-state index in [1.807, 2.05) is 6.92 Å². The number of anilines is 1. The van der Waals surface area contributed by atoms with Gasteiger partial charge in [0.25, 0.3) is 5.91 Å². The van der Waals surface area contributed by atoms with E-state index >= 15 is 4.39 Å². The van der Waals surface area contributed by atoms with Crippen LogP contribution in [0.5, 0.6) is 11.5 Å². The van der Waals surface area contributed by atoms with Gasteiger partial charge in [0.2, 0.25) is 0 Å². The van der Waals surface area contributed by atoms with Gasteiger partial charge in [0.1, 0.15) is 17.3 Å². The third kappa shape index (κ3) is 4.21. The molecule has 1 aliphatic rings. The summed E-state index contributed by atoms with van der Waals surface area (Å²) in [6.07, 6.45) is -1.07. The molecule has 0 fully saturated rings. The average Bonchev–Trinajstić information content (AvgIpc) is 3.09. The van der Waals surface area contributed by atoms with Crippen LogP contribution in [0.15, 0.2) is 42.5 Å². The van der Waals surface area contributed by atoms with Gasteiger partial charge >= 0.3 is 12.6 Å². The van der Waals surface area contributed by atoms with Crippen molar-refractivity contribution in [2.24, 2.45) is 0 Å². The normalized spacial score (nSPS) is 15.9. The van der Waals surface area contributed by atoms with Crippen molar-refractivity contribution in [2.45, 2.75) is 45.4 Å². The second kappa shape index (κ2) is 10.1. The summed E-state index contributed by atoms with van der Waals surface area (Å²) in [4.78, 5) is 25.8. The molecule has 1 aliphatic heterocycles. The van der Waals surface area contributed by atoms with Crippen LogP contribution in [0.2, 0.25) is 0 Å². The molecule has 4 rings (SSSR count). The molecule has 0 saturated carbocycles. The molecule has 2 atom stereocenters. The monoisotopic (exact) mass is 503 g/mol. The second-order valence-corrected chi connectivity index (χ2v) is 8.28. The van der Waals surface area contributed by atoms with E-state index in [1.165, 1.54) is 18.2 Å². The van der Waals surface area contributed by atoms with Gasteiger partial charge in [-0.25, -0.2) is 4.39 Å². The highest BCUT2D eigenvalue weighted by Gasteiger charge is 2.44. The lowest BCUT2D eigenvalue weighted by molar-refractivity contribution is -0.138. The predicted octanol–water partition coefficient (Wildman–Crippen LogP) is 5.60. The van der Waals surface area contributed by atoms with Gasteiger partial charge in [0, 0.05) is 10.8 Å². The fourth-order valence-corrected chi connectivity index (χ4v) is 4.51. The van der Waals surface area contributed by atoms with Crippen LogP contribution in [-0.4, -0.2) is 35.3 Å². The van der Waals surface area contributed by atoms with Gasteiger partial charge in [0.05, 0.1) is 29.3 Å². The van der Waals surface area contributed by atoms with Crippen LogP contribution in [0.1, 0.15) is 60.3 Å². The first-order valence-corrected chi connectivity index (χ1v) is 11.4. The van der Waals surface area contributed by atoms with E-state index in [0.717, 1.165) is 11.0 Å².